The van der Waals surface area contributed by atoms with Gasteiger partial charge in [0.05, 0.1) is 38.1 Å². The number of nitrogens with one attached hydrogen (secondary N) is 1. The molecule has 6 nitrogen and oxygen atoms in total. The molecule has 0 aliphatic heterocycles. The Balaban J connectivity index is 1.78. The summed E-state index contributed by atoms with van der Waals surface area (Å²) in [6.07, 6.45) is 0.190. The summed E-state index contributed by atoms with van der Waals surface area (Å²) in [5.41, 5.74) is 4.04. The molecule has 1 amide bonds. The van der Waals surface area contributed by atoms with Crippen LogP contribution in [0.3, 0.4) is 0 Å². The first-order valence-corrected chi connectivity index (χ1v) is 9.66. The van der Waals surface area contributed by atoms with E-state index in [0.717, 1.165) is 28.2 Å². The topological polar surface area (TPSA) is 65.4 Å². The van der Waals surface area contributed by atoms with Gasteiger partial charge in [0.15, 0.2) is 0 Å². The molecule has 7 heteroatoms. The lowest BCUT2D eigenvalue weighted by atomic mass is 10.1. The third-order valence-electron chi connectivity index (χ3n) is 5.13. The van der Waals surface area contributed by atoms with Crippen LogP contribution in [0.15, 0.2) is 42.5 Å². The Morgan fingerprint density at radius 3 is 2.47 bits per heavy atom. The van der Waals surface area contributed by atoms with Crippen LogP contribution in [0.2, 0.25) is 0 Å². The highest BCUT2D eigenvalue weighted by molar-refractivity contribution is 5.79. The van der Waals surface area contributed by atoms with E-state index in [2.05, 4.69) is 10.4 Å². The lowest BCUT2D eigenvalue weighted by Gasteiger charge is -2.18. The predicted octanol–water partition coefficient (Wildman–Crippen LogP) is 4.07. The summed E-state index contributed by atoms with van der Waals surface area (Å²) >= 11 is 0. The number of amides is 1. The molecule has 0 bridgehead atoms. The number of hydrogen-bond acceptors (Lipinski definition) is 4. The summed E-state index contributed by atoms with van der Waals surface area (Å²) in [6, 6.07) is 11.3. The van der Waals surface area contributed by atoms with E-state index in [1.165, 1.54) is 12.1 Å². The van der Waals surface area contributed by atoms with E-state index < -0.39 is 0 Å². The highest BCUT2D eigenvalue weighted by Gasteiger charge is 2.19. The zero-order valence-electron chi connectivity index (χ0n) is 17.8. The monoisotopic (exact) mass is 411 g/mol. The number of rotatable bonds is 7. The van der Waals surface area contributed by atoms with Gasteiger partial charge in [-0.25, -0.2) is 9.07 Å². The summed E-state index contributed by atoms with van der Waals surface area (Å²) in [6.45, 7) is 5.67. The number of ether oxygens (including phenoxy) is 2. The average molecular weight is 411 g/mol. The molecule has 1 heterocycles. The maximum Gasteiger partial charge on any atom is 0.225 e. The van der Waals surface area contributed by atoms with Crippen LogP contribution < -0.4 is 14.8 Å². The summed E-state index contributed by atoms with van der Waals surface area (Å²) < 4.78 is 25.7. The van der Waals surface area contributed by atoms with Crippen molar-refractivity contribution < 1.29 is 18.7 Å². The fourth-order valence-corrected chi connectivity index (χ4v) is 3.47. The highest BCUT2D eigenvalue weighted by Crippen LogP contribution is 2.29. The van der Waals surface area contributed by atoms with Crippen LogP contribution in [-0.4, -0.2) is 29.9 Å². The van der Waals surface area contributed by atoms with Gasteiger partial charge in [0.25, 0.3) is 0 Å². The summed E-state index contributed by atoms with van der Waals surface area (Å²) in [5, 5.41) is 7.55. The molecule has 30 heavy (non-hydrogen) atoms. The lowest BCUT2D eigenvalue weighted by molar-refractivity contribution is -0.121. The van der Waals surface area contributed by atoms with Crippen LogP contribution in [0.25, 0.3) is 5.69 Å². The van der Waals surface area contributed by atoms with Crippen LogP contribution >= 0.6 is 0 Å². The highest BCUT2D eigenvalue weighted by atomic mass is 19.1. The first kappa shape index (κ1) is 21.4. The van der Waals surface area contributed by atoms with Crippen LogP contribution in [-0.2, 0) is 11.2 Å². The molecule has 0 aliphatic rings. The number of aryl methyl sites for hydroxylation is 1. The predicted molar refractivity (Wildman–Crippen MR) is 113 cm³/mol. The first-order valence-electron chi connectivity index (χ1n) is 9.66. The molecule has 0 fully saturated rings. The molecule has 3 rings (SSSR count). The molecule has 0 saturated heterocycles. The van der Waals surface area contributed by atoms with E-state index in [9.17, 15) is 9.18 Å². The molecule has 0 unspecified atom stereocenters. The molecule has 1 N–H and O–H groups in total. The van der Waals surface area contributed by atoms with Gasteiger partial charge in [0, 0.05) is 16.8 Å². The molecule has 0 aliphatic carbocycles. The summed E-state index contributed by atoms with van der Waals surface area (Å²) in [4.78, 5) is 12.8. The largest absolute Gasteiger partial charge is 0.497 e. The number of carbonyl (C=O) groups is 1. The van der Waals surface area contributed by atoms with Gasteiger partial charge < -0.3 is 14.8 Å². The Morgan fingerprint density at radius 2 is 1.83 bits per heavy atom. The van der Waals surface area contributed by atoms with E-state index >= 15 is 0 Å². The molecule has 1 atom stereocenters. The maximum absolute atomic E-state index is 13.2. The smallest absolute Gasteiger partial charge is 0.225 e. The molecule has 2 aromatic carbocycles. The van der Waals surface area contributed by atoms with Crippen molar-refractivity contribution in [1.29, 1.82) is 0 Å². The van der Waals surface area contributed by atoms with Crippen LogP contribution in [0.5, 0.6) is 11.5 Å². The number of hydrogen-bond donors (Lipinski definition) is 1. The zero-order chi connectivity index (χ0) is 21.8. The van der Waals surface area contributed by atoms with Crippen LogP contribution in [0, 0.1) is 19.7 Å². The van der Waals surface area contributed by atoms with E-state index in [0.29, 0.717) is 11.5 Å². The number of nitrogens with zero attached hydrogens (tertiary/aromatic N) is 2. The Bertz CT molecular complexity index is 1040. The first-order chi connectivity index (χ1) is 14.3. The summed E-state index contributed by atoms with van der Waals surface area (Å²) in [5.74, 6) is 0.943. The van der Waals surface area contributed by atoms with E-state index in [1.54, 1.807) is 31.0 Å². The van der Waals surface area contributed by atoms with Gasteiger partial charge in [0.2, 0.25) is 5.91 Å². The second-order valence-electron chi connectivity index (χ2n) is 7.11. The van der Waals surface area contributed by atoms with Crippen molar-refractivity contribution in [1.82, 2.24) is 15.1 Å². The second-order valence-corrected chi connectivity index (χ2v) is 7.11. The SMILES string of the molecule is COc1ccc(OC)c([C@@H](C)NC(=O)Cc2c(C)nn(-c3ccc(F)cc3)c2C)c1. The third kappa shape index (κ3) is 4.45. The van der Waals surface area contributed by atoms with Crippen molar-refractivity contribution in [3.8, 4) is 17.2 Å². The maximum atomic E-state index is 13.2. The van der Waals surface area contributed by atoms with Gasteiger partial charge in [-0.05, 0) is 63.2 Å². The quantitative estimate of drug-likeness (QED) is 0.637. The Kier molecular flexibility index (Phi) is 6.40. The Labute approximate surface area is 175 Å². The Hall–Kier alpha value is -3.35. The van der Waals surface area contributed by atoms with Crippen molar-refractivity contribution in [3.63, 3.8) is 0 Å². The molecule has 0 radical (unpaired) electrons. The molecule has 1 aromatic heterocycles. The number of aromatic nitrogens is 2. The van der Waals surface area contributed by atoms with Crippen LogP contribution in [0.1, 0.15) is 35.5 Å². The van der Waals surface area contributed by atoms with E-state index in [4.69, 9.17) is 9.47 Å². The number of carbonyl (C=O) groups excluding carboxylic acids is 1. The van der Waals surface area contributed by atoms with E-state index in [-0.39, 0.29) is 24.2 Å². The van der Waals surface area contributed by atoms with Gasteiger partial charge in [-0.15, -0.1) is 0 Å². The fourth-order valence-electron chi connectivity index (χ4n) is 3.47. The number of benzene rings is 2. The standard InChI is InChI=1S/C23H26FN3O3/c1-14(21-12-19(29-4)10-11-22(21)30-5)25-23(28)13-20-15(2)26-27(16(20)3)18-8-6-17(24)7-9-18/h6-12,14H,13H2,1-5H3,(H,25,28)/t14-/m1/s1. The van der Waals surface area contributed by atoms with Crippen molar-refractivity contribution in [2.45, 2.75) is 33.2 Å². The molecule has 0 spiro atoms. The zero-order valence-corrected chi connectivity index (χ0v) is 17.8. The van der Waals surface area contributed by atoms with Crippen molar-refractivity contribution in [2.75, 3.05) is 14.2 Å². The van der Waals surface area contributed by atoms with Crippen molar-refractivity contribution in [2.24, 2.45) is 0 Å². The average Bonchev–Trinajstić information content (AvgIpc) is 3.01. The van der Waals surface area contributed by atoms with Gasteiger partial charge in [-0.3, -0.25) is 4.79 Å². The molecular weight excluding hydrogens is 385 g/mol. The van der Waals surface area contributed by atoms with Gasteiger partial charge in [-0.2, -0.15) is 5.10 Å². The lowest BCUT2D eigenvalue weighted by Crippen LogP contribution is -2.28. The van der Waals surface area contributed by atoms with Crippen molar-refractivity contribution in [3.05, 3.63) is 70.8 Å². The van der Waals surface area contributed by atoms with Gasteiger partial charge in [0.1, 0.15) is 17.3 Å². The van der Waals surface area contributed by atoms with E-state index in [1.807, 2.05) is 39.0 Å². The van der Waals surface area contributed by atoms with Crippen LogP contribution in [0.4, 0.5) is 4.39 Å². The molecule has 158 valence electrons. The minimum atomic E-state index is -0.304. The number of methoxy groups -OCH3 is 2. The normalized spacial score (nSPS) is 11.8. The fraction of sp³-hybridized carbons (Fsp3) is 0.304. The molecule has 0 saturated carbocycles. The van der Waals surface area contributed by atoms with Gasteiger partial charge in [-0.1, -0.05) is 0 Å². The number of halogens is 1. The van der Waals surface area contributed by atoms with Gasteiger partial charge >= 0.3 is 0 Å². The third-order valence-corrected chi connectivity index (χ3v) is 5.13. The second kappa shape index (κ2) is 8.98. The minimum Gasteiger partial charge on any atom is -0.497 e. The molecule has 3 aromatic rings. The summed E-state index contributed by atoms with van der Waals surface area (Å²) in [7, 11) is 3.19. The molecular formula is C23H26FN3O3. The minimum absolute atomic E-state index is 0.128. The Morgan fingerprint density at radius 1 is 1.13 bits per heavy atom. The van der Waals surface area contributed by atoms with Crippen molar-refractivity contribution >= 4 is 5.91 Å².